The van der Waals surface area contributed by atoms with Crippen LogP contribution >= 0.6 is 24.0 Å². The van der Waals surface area contributed by atoms with E-state index in [1.54, 1.807) is 6.33 Å². The Hall–Kier alpha value is -1.64. The van der Waals surface area contributed by atoms with Crippen molar-refractivity contribution >= 4 is 29.9 Å². The Kier molecular flexibility index (Phi) is 7.22. The third-order valence-electron chi connectivity index (χ3n) is 4.59. The van der Waals surface area contributed by atoms with E-state index in [0.29, 0.717) is 6.54 Å². The molecule has 0 aliphatic heterocycles. The SMILES string of the molecule is CCNC(=NCc1nncn1CC)NCC1(c2ccccc2)CC1.I. The predicted molar refractivity (Wildman–Crippen MR) is 111 cm³/mol. The summed E-state index contributed by atoms with van der Waals surface area (Å²) in [7, 11) is 0. The Morgan fingerprint density at radius 3 is 2.60 bits per heavy atom. The number of guanidine groups is 1. The molecule has 3 rings (SSSR count). The molecule has 7 heteroatoms. The minimum absolute atomic E-state index is 0. The van der Waals surface area contributed by atoms with Crippen molar-refractivity contribution < 1.29 is 0 Å². The van der Waals surface area contributed by atoms with E-state index in [1.165, 1.54) is 18.4 Å². The molecule has 1 fully saturated rings. The third kappa shape index (κ3) is 4.93. The first-order chi connectivity index (χ1) is 11.8. The molecule has 0 atom stereocenters. The van der Waals surface area contributed by atoms with Gasteiger partial charge in [-0.15, -0.1) is 34.2 Å². The molecule has 0 unspecified atom stereocenters. The van der Waals surface area contributed by atoms with Crippen molar-refractivity contribution in [1.82, 2.24) is 25.4 Å². The van der Waals surface area contributed by atoms with Gasteiger partial charge in [-0.05, 0) is 32.3 Å². The van der Waals surface area contributed by atoms with Crippen molar-refractivity contribution in [2.24, 2.45) is 4.99 Å². The van der Waals surface area contributed by atoms with Gasteiger partial charge in [0.25, 0.3) is 0 Å². The summed E-state index contributed by atoms with van der Waals surface area (Å²) in [6.07, 6.45) is 4.21. The maximum Gasteiger partial charge on any atom is 0.191 e. The van der Waals surface area contributed by atoms with Crippen LogP contribution < -0.4 is 10.6 Å². The number of aryl methyl sites for hydroxylation is 1. The summed E-state index contributed by atoms with van der Waals surface area (Å²) < 4.78 is 2.01. The molecule has 1 aromatic heterocycles. The van der Waals surface area contributed by atoms with Gasteiger partial charge < -0.3 is 15.2 Å². The molecule has 0 saturated heterocycles. The lowest BCUT2D eigenvalue weighted by molar-refractivity contribution is 0.642. The largest absolute Gasteiger partial charge is 0.357 e. The fraction of sp³-hybridized carbons (Fsp3) is 0.500. The number of nitrogens with one attached hydrogen (secondary N) is 2. The van der Waals surface area contributed by atoms with Crippen molar-refractivity contribution in [3.8, 4) is 0 Å². The van der Waals surface area contributed by atoms with E-state index in [9.17, 15) is 0 Å². The fourth-order valence-corrected chi connectivity index (χ4v) is 2.92. The average molecular weight is 454 g/mol. The predicted octanol–water partition coefficient (Wildman–Crippen LogP) is 2.70. The number of aliphatic imine (C=N–C) groups is 1. The molecule has 1 aliphatic carbocycles. The number of hydrogen-bond acceptors (Lipinski definition) is 3. The first-order valence-electron chi connectivity index (χ1n) is 8.72. The van der Waals surface area contributed by atoms with Gasteiger partial charge in [-0.3, -0.25) is 0 Å². The Morgan fingerprint density at radius 1 is 1.20 bits per heavy atom. The molecular formula is C18H27IN6. The van der Waals surface area contributed by atoms with Crippen molar-refractivity contribution in [1.29, 1.82) is 0 Å². The van der Waals surface area contributed by atoms with E-state index in [0.717, 1.165) is 31.4 Å². The van der Waals surface area contributed by atoms with Gasteiger partial charge in [-0.25, -0.2) is 4.99 Å². The molecule has 2 aromatic rings. The molecule has 0 bridgehead atoms. The van der Waals surface area contributed by atoms with Gasteiger partial charge in [-0.2, -0.15) is 0 Å². The molecule has 1 saturated carbocycles. The Bertz CT molecular complexity index is 678. The van der Waals surface area contributed by atoms with Crippen molar-refractivity contribution in [2.75, 3.05) is 13.1 Å². The number of aromatic nitrogens is 3. The zero-order valence-corrected chi connectivity index (χ0v) is 17.2. The smallest absolute Gasteiger partial charge is 0.191 e. The van der Waals surface area contributed by atoms with Crippen LogP contribution in [0.2, 0.25) is 0 Å². The standard InChI is InChI=1S/C18H26N6.HI/c1-3-19-17(20-12-16-23-22-14-24(16)4-2)21-13-18(10-11-18)15-8-6-5-7-9-15;/h5-9,14H,3-4,10-13H2,1-2H3,(H2,19,20,21);1H. The highest BCUT2D eigenvalue weighted by atomic mass is 127. The number of halogens is 1. The third-order valence-corrected chi connectivity index (χ3v) is 4.59. The van der Waals surface area contributed by atoms with Gasteiger partial charge >= 0.3 is 0 Å². The highest BCUT2D eigenvalue weighted by Crippen LogP contribution is 2.47. The number of nitrogens with zero attached hydrogens (tertiary/aromatic N) is 4. The zero-order valence-electron chi connectivity index (χ0n) is 14.9. The van der Waals surface area contributed by atoms with Crippen molar-refractivity contribution in [3.05, 3.63) is 48.0 Å². The lowest BCUT2D eigenvalue weighted by Crippen LogP contribution is -2.41. The second-order valence-corrected chi connectivity index (χ2v) is 6.23. The lowest BCUT2D eigenvalue weighted by Gasteiger charge is -2.19. The first kappa shape index (κ1) is 19.7. The molecule has 25 heavy (non-hydrogen) atoms. The van der Waals surface area contributed by atoms with Gasteiger partial charge in [0.15, 0.2) is 11.8 Å². The van der Waals surface area contributed by atoms with Crippen LogP contribution in [0.1, 0.15) is 38.1 Å². The Labute approximate surface area is 166 Å². The van der Waals surface area contributed by atoms with Crippen LogP contribution in [0.3, 0.4) is 0 Å². The second kappa shape index (κ2) is 9.17. The molecule has 1 aliphatic rings. The highest BCUT2D eigenvalue weighted by Gasteiger charge is 2.43. The number of benzene rings is 1. The summed E-state index contributed by atoms with van der Waals surface area (Å²) in [6.45, 7) is 7.29. The van der Waals surface area contributed by atoms with Gasteiger partial charge in [0, 0.05) is 25.0 Å². The second-order valence-electron chi connectivity index (χ2n) is 6.23. The maximum atomic E-state index is 4.66. The normalized spacial score (nSPS) is 15.4. The number of rotatable bonds is 7. The molecule has 6 nitrogen and oxygen atoms in total. The van der Waals surface area contributed by atoms with Gasteiger partial charge in [0.05, 0.1) is 0 Å². The molecule has 0 amide bonds. The van der Waals surface area contributed by atoms with Crippen LogP contribution in [-0.2, 0) is 18.5 Å². The number of hydrogen-bond donors (Lipinski definition) is 2. The van der Waals surface area contributed by atoms with E-state index in [2.05, 4.69) is 70.0 Å². The highest BCUT2D eigenvalue weighted by molar-refractivity contribution is 14.0. The van der Waals surface area contributed by atoms with E-state index in [1.807, 2.05) is 4.57 Å². The summed E-state index contributed by atoms with van der Waals surface area (Å²) >= 11 is 0. The summed E-state index contributed by atoms with van der Waals surface area (Å²) in [6, 6.07) is 10.8. The molecule has 136 valence electrons. The lowest BCUT2D eigenvalue weighted by atomic mass is 9.96. The Morgan fingerprint density at radius 2 is 1.96 bits per heavy atom. The van der Waals surface area contributed by atoms with Crippen LogP contribution in [0.15, 0.2) is 41.7 Å². The summed E-state index contributed by atoms with van der Waals surface area (Å²) in [5.41, 5.74) is 1.68. The van der Waals surface area contributed by atoms with Crippen LogP contribution in [0.4, 0.5) is 0 Å². The summed E-state index contributed by atoms with van der Waals surface area (Å²) in [5, 5.41) is 14.9. The van der Waals surface area contributed by atoms with E-state index >= 15 is 0 Å². The van der Waals surface area contributed by atoms with Crippen LogP contribution in [-0.4, -0.2) is 33.8 Å². The minimum atomic E-state index is 0. The maximum absolute atomic E-state index is 4.66. The molecule has 0 radical (unpaired) electrons. The van der Waals surface area contributed by atoms with Crippen molar-refractivity contribution in [2.45, 2.75) is 45.2 Å². The fourth-order valence-electron chi connectivity index (χ4n) is 2.92. The van der Waals surface area contributed by atoms with Gasteiger partial charge in [-0.1, -0.05) is 30.3 Å². The molecule has 2 N–H and O–H groups in total. The topological polar surface area (TPSA) is 67.1 Å². The summed E-state index contributed by atoms with van der Waals surface area (Å²) in [5.74, 6) is 1.73. The minimum Gasteiger partial charge on any atom is -0.357 e. The monoisotopic (exact) mass is 454 g/mol. The van der Waals surface area contributed by atoms with Gasteiger partial charge in [0.2, 0.25) is 0 Å². The molecule has 1 aromatic carbocycles. The van der Waals surface area contributed by atoms with E-state index in [4.69, 9.17) is 0 Å². The zero-order chi connectivity index (χ0) is 16.8. The average Bonchev–Trinajstić information content (AvgIpc) is 3.28. The van der Waals surface area contributed by atoms with E-state index in [-0.39, 0.29) is 29.4 Å². The molecular weight excluding hydrogens is 427 g/mol. The van der Waals surface area contributed by atoms with Crippen LogP contribution in [0, 0.1) is 0 Å². The Balaban J connectivity index is 0.00000225. The molecule has 0 spiro atoms. The molecule has 1 heterocycles. The first-order valence-corrected chi connectivity index (χ1v) is 8.72. The summed E-state index contributed by atoms with van der Waals surface area (Å²) in [4.78, 5) is 4.66. The quantitative estimate of drug-likeness (QED) is 0.384. The van der Waals surface area contributed by atoms with Crippen LogP contribution in [0.5, 0.6) is 0 Å². The van der Waals surface area contributed by atoms with E-state index < -0.39 is 0 Å². The van der Waals surface area contributed by atoms with Crippen molar-refractivity contribution in [3.63, 3.8) is 0 Å². The van der Waals surface area contributed by atoms with Crippen LogP contribution in [0.25, 0.3) is 0 Å². The van der Waals surface area contributed by atoms with Gasteiger partial charge in [0.1, 0.15) is 12.9 Å².